The molecule has 0 aromatic heterocycles. The Morgan fingerprint density at radius 1 is 0.364 bits per heavy atom. The summed E-state index contributed by atoms with van der Waals surface area (Å²) in [4.78, 5) is 86.5. The molecule has 0 saturated heterocycles. The van der Waals surface area contributed by atoms with Gasteiger partial charge in [0.15, 0.2) is 0 Å². The molecule has 0 bridgehead atoms. The van der Waals surface area contributed by atoms with Crippen LogP contribution in [0.4, 0.5) is 4.79 Å². The first kappa shape index (κ1) is 53.0. The highest BCUT2D eigenvalue weighted by Gasteiger charge is 2.31. The van der Waals surface area contributed by atoms with E-state index in [0.29, 0.717) is 12.8 Å². The van der Waals surface area contributed by atoms with Crippen LogP contribution in [-0.4, -0.2) is 42.2 Å². The van der Waals surface area contributed by atoms with Gasteiger partial charge in [0.2, 0.25) is 12.2 Å². The maximum absolute atomic E-state index is 13.4. The lowest BCUT2D eigenvalue weighted by molar-refractivity contribution is -0.276. The van der Waals surface area contributed by atoms with Crippen molar-refractivity contribution in [2.75, 3.05) is 0 Å². The van der Waals surface area contributed by atoms with E-state index in [1.165, 1.54) is 64.2 Å². The highest BCUT2D eigenvalue weighted by atomic mass is 17.2. The summed E-state index contributed by atoms with van der Waals surface area (Å²) in [5.74, 6) is -4.09. The first-order valence-electron chi connectivity index (χ1n) is 24.3. The van der Waals surface area contributed by atoms with Gasteiger partial charge in [-0.25, -0.2) is 24.0 Å². The predicted molar refractivity (Wildman–Crippen MR) is 255 cm³/mol. The normalized spacial score (nSPS) is 11.9. The summed E-state index contributed by atoms with van der Waals surface area (Å²) in [5.41, 5.74) is 4.11. The second-order valence-corrected chi connectivity index (χ2v) is 16.8. The second kappa shape index (κ2) is 32.1. The smallest absolute Gasteiger partial charge is 0.358 e. The van der Waals surface area contributed by atoms with Crippen molar-refractivity contribution in [2.24, 2.45) is 0 Å². The van der Waals surface area contributed by atoms with E-state index in [0.717, 1.165) is 73.6 Å². The van der Waals surface area contributed by atoms with E-state index in [9.17, 15) is 24.0 Å². The fraction of sp³-hybridized carbons (Fsp3) is 0.473. The third kappa shape index (κ3) is 20.7. The van der Waals surface area contributed by atoms with Crippen molar-refractivity contribution in [3.05, 3.63) is 120 Å². The lowest BCUT2D eigenvalue weighted by atomic mass is 10.0. The van der Waals surface area contributed by atoms with Crippen LogP contribution < -0.4 is 0 Å². The molecule has 11 heteroatoms. The van der Waals surface area contributed by atoms with Gasteiger partial charge in [-0.3, -0.25) is 9.78 Å². The molecule has 66 heavy (non-hydrogen) atoms. The Morgan fingerprint density at radius 3 is 0.970 bits per heavy atom. The van der Waals surface area contributed by atoms with E-state index in [-0.39, 0.29) is 24.0 Å². The highest BCUT2D eigenvalue weighted by molar-refractivity contribution is 5.92. The van der Waals surface area contributed by atoms with Crippen LogP contribution in [0.2, 0.25) is 0 Å². The van der Waals surface area contributed by atoms with E-state index in [2.05, 4.69) is 13.8 Å². The largest absolute Gasteiger partial charge is 0.524 e. The number of hydrogen-bond acceptors (Lipinski definition) is 11. The minimum absolute atomic E-state index is 0.0730. The van der Waals surface area contributed by atoms with Crippen molar-refractivity contribution in [3.63, 3.8) is 0 Å². The van der Waals surface area contributed by atoms with Crippen molar-refractivity contribution in [1.29, 1.82) is 0 Å². The lowest BCUT2D eigenvalue weighted by Crippen LogP contribution is -2.34. The molecular formula is C55H70O11. The minimum atomic E-state index is -1.62. The van der Waals surface area contributed by atoms with Gasteiger partial charge in [0.25, 0.3) is 0 Å². The quantitative estimate of drug-likeness (QED) is 0.0152. The zero-order valence-corrected chi connectivity index (χ0v) is 39.1. The summed E-state index contributed by atoms with van der Waals surface area (Å²) in [5, 5.41) is 0. The van der Waals surface area contributed by atoms with Crippen molar-refractivity contribution in [3.8, 4) is 22.3 Å². The molecule has 4 aromatic rings. The second-order valence-electron chi connectivity index (χ2n) is 16.8. The van der Waals surface area contributed by atoms with E-state index in [1.54, 1.807) is 48.5 Å². The average molecular weight is 907 g/mol. The molecule has 0 radical (unpaired) electrons. The molecule has 0 N–H and O–H groups in total. The number of ether oxygens (including phenoxy) is 2. The van der Waals surface area contributed by atoms with Gasteiger partial charge in [-0.15, -0.1) is 0 Å². The van der Waals surface area contributed by atoms with Crippen LogP contribution in [0, 0.1) is 0 Å². The Kier molecular flexibility index (Phi) is 25.8. The third-order valence-corrected chi connectivity index (χ3v) is 11.5. The van der Waals surface area contributed by atoms with Crippen LogP contribution >= 0.6 is 0 Å². The van der Waals surface area contributed by atoms with Crippen LogP contribution in [0.3, 0.4) is 0 Å². The van der Waals surface area contributed by atoms with Gasteiger partial charge in [-0.1, -0.05) is 227 Å². The number of carbonyl (C=O) groups excluding carboxylic acids is 5. The van der Waals surface area contributed by atoms with Gasteiger partial charge < -0.3 is 9.47 Å². The molecule has 4 aromatic carbocycles. The molecule has 0 aliphatic carbocycles. The van der Waals surface area contributed by atoms with Crippen LogP contribution in [0.5, 0.6) is 0 Å². The number of esters is 2. The van der Waals surface area contributed by atoms with E-state index < -0.39 is 42.2 Å². The van der Waals surface area contributed by atoms with Crippen LogP contribution in [0.25, 0.3) is 22.3 Å². The van der Waals surface area contributed by atoms with E-state index in [4.69, 9.17) is 29.0 Å². The molecule has 4 rings (SSSR count). The Labute approximate surface area is 391 Å². The summed E-state index contributed by atoms with van der Waals surface area (Å²) in [6.45, 7) is 4.39. The molecule has 0 heterocycles. The van der Waals surface area contributed by atoms with E-state index in [1.807, 2.05) is 60.7 Å². The third-order valence-electron chi connectivity index (χ3n) is 11.5. The molecular weight excluding hydrogens is 837 g/mol. The number of carbonyl (C=O) groups is 5. The van der Waals surface area contributed by atoms with Crippen molar-refractivity contribution < 1.29 is 53.0 Å². The van der Waals surface area contributed by atoms with Crippen LogP contribution in [0.15, 0.2) is 109 Å². The topological polar surface area (TPSA) is 141 Å². The summed E-state index contributed by atoms with van der Waals surface area (Å²) in [6.07, 6.45) is 16.5. The van der Waals surface area contributed by atoms with Crippen molar-refractivity contribution in [1.82, 2.24) is 0 Å². The number of unbranched alkanes of at least 4 members (excludes halogenated alkanes) is 18. The Balaban J connectivity index is 1.33. The fourth-order valence-electron chi connectivity index (χ4n) is 7.52. The molecule has 0 spiro atoms. The van der Waals surface area contributed by atoms with Gasteiger partial charge in [-0.05, 0) is 59.4 Å². The van der Waals surface area contributed by atoms with Gasteiger partial charge in [0, 0.05) is 0 Å². The Hall–Kier alpha value is -5.65. The first-order valence-corrected chi connectivity index (χ1v) is 24.3. The summed E-state index contributed by atoms with van der Waals surface area (Å²) < 4.78 is 9.85. The van der Waals surface area contributed by atoms with Gasteiger partial charge in [0.05, 0.1) is 11.1 Å². The minimum Gasteiger partial charge on any atom is -0.358 e. The Bertz CT molecular complexity index is 1840. The first-order chi connectivity index (χ1) is 32.3. The predicted octanol–water partition coefficient (Wildman–Crippen LogP) is 14.5. The zero-order chi connectivity index (χ0) is 47.0. The standard InChI is InChI=1S/C55H70O11/c1-3-5-7-9-11-13-15-17-19-27-33-49(63-65-51(56)47-39-35-45(36-40-47)43-29-23-21-24-30-43)53(58)61-55(60)62-54(59)50(34-28-20-18-16-14-12-10-8-6-4-2)64-66-52(57)48-41-37-46(38-42-48)44-31-25-22-26-32-44/h21-26,29-32,35-42,49-50H,3-20,27-28,33-34H2,1-2H3. The number of rotatable bonds is 32. The van der Waals surface area contributed by atoms with Crippen molar-refractivity contribution >= 4 is 30.0 Å². The van der Waals surface area contributed by atoms with E-state index >= 15 is 0 Å². The summed E-state index contributed by atoms with van der Waals surface area (Å²) in [7, 11) is 0. The van der Waals surface area contributed by atoms with Crippen molar-refractivity contribution in [2.45, 2.75) is 167 Å². The zero-order valence-electron chi connectivity index (χ0n) is 39.1. The van der Waals surface area contributed by atoms with Gasteiger partial charge in [0.1, 0.15) is 0 Å². The maximum Gasteiger partial charge on any atom is 0.524 e. The molecule has 0 fully saturated rings. The molecule has 0 aliphatic heterocycles. The summed E-state index contributed by atoms with van der Waals surface area (Å²) >= 11 is 0. The highest BCUT2D eigenvalue weighted by Crippen LogP contribution is 2.23. The number of hydrogen-bond donors (Lipinski definition) is 0. The summed E-state index contributed by atoms with van der Waals surface area (Å²) in [6, 6.07) is 32.7. The Morgan fingerprint density at radius 2 is 0.652 bits per heavy atom. The number of benzene rings is 4. The van der Waals surface area contributed by atoms with Gasteiger partial charge in [-0.2, -0.15) is 9.78 Å². The molecule has 11 nitrogen and oxygen atoms in total. The monoisotopic (exact) mass is 906 g/mol. The molecule has 2 unspecified atom stereocenters. The molecule has 0 amide bonds. The SMILES string of the molecule is CCCCCCCCCCCCC(OOC(=O)c1ccc(-c2ccccc2)cc1)C(=O)OC(=O)OC(=O)C(CCCCCCCCCCCC)OOC(=O)c1ccc(-c2ccccc2)cc1. The fourth-order valence-corrected chi connectivity index (χ4v) is 7.52. The maximum atomic E-state index is 13.4. The molecule has 0 saturated carbocycles. The molecule has 2 atom stereocenters. The molecule has 356 valence electrons. The molecule has 0 aliphatic rings. The average Bonchev–Trinajstić information content (AvgIpc) is 3.34. The lowest BCUT2D eigenvalue weighted by Gasteiger charge is -2.16. The van der Waals surface area contributed by atoms with Crippen LogP contribution in [-0.2, 0) is 38.6 Å². The van der Waals surface area contributed by atoms with Gasteiger partial charge >= 0.3 is 30.0 Å². The van der Waals surface area contributed by atoms with Crippen LogP contribution in [0.1, 0.15) is 176 Å².